The molecule has 1 saturated heterocycles. The molecule has 1 fully saturated rings. The number of nitrogens with zero attached hydrogens (tertiary/aromatic N) is 4. The van der Waals surface area contributed by atoms with E-state index in [1.54, 1.807) is 0 Å². The van der Waals surface area contributed by atoms with Crippen LogP contribution in [0.5, 0.6) is 0 Å². The average Bonchev–Trinajstić information content (AvgIpc) is 3.44. The summed E-state index contributed by atoms with van der Waals surface area (Å²) in [4.78, 5) is 13.7. The smallest absolute Gasteiger partial charge is 0.227 e. The van der Waals surface area contributed by atoms with Crippen LogP contribution in [0.4, 0.5) is 20.5 Å². The molecule has 0 amide bonds. The lowest BCUT2D eigenvalue weighted by Gasteiger charge is -2.36. The third kappa shape index (κ3) is 4.37. The van der Waals surface area contributed by atoms with Gasteiger partial charge in [0, 0.05) is 50.2 Å². The molecular weight excluding hydrogens is 440 g/mol. The van der Waals surface area contributed by atoms with Gasteiger partial charge in [-0.25, -0.2) is 13.8 Å². The van der Waals surface area contributed by atoms with Gasteiger partial charge in [0.2, 0.25) is 5.95 Å². The summed E-state index contributed by atoms with van der Waals surface area (Å²) in [6, 6.07) is 4.55. The maximum absolute atomic E-state index is 14.6. The van der Waals surface area contributed by atoms with Gasteiger partial charge in [-0.2, -0.15) is 4.98 Å². The third-order valence-electron chi connectivity index (χ3n) is 5.90. The van der Waals surface area contributed by atoms with Crippen LogP contribution in [0, 0.1) is 11.6 Å². The van der Waals surface area contributed by atoms with E-state index < -0.39 is 11.6 Å². The highest BCUT2D eigenvalue weighted by Crippen LogP contribution is 2.30. The fraction of sp³-hybridized carbons (Fsp3) is 0.364. The largest absolute Gasteiger partial charge is 0.365 e. The van der Waals surface area contributed by atoms with E-state index in [0.29, 0.717) is 34.1 Å². The van der Waals surface area contributed by atoms with Gasteiger partial charge in [0.25, 0.3) is 0 Å². The molecule has 0 radical (unpaired) electrons. The first-order chi connectivity index (χ1) is 15.1. The molecule has 4 heterocycles. The highest BCUT2D eigenvalue weighted by Gasteiger charge is 2.27. The van der Waals surface area contributed by atoms with Crippen molar-refractivity contribution in [3.63, 3.8) is 0 Å². The Balaban J connectivity index is 1.41. The molecule has 2 aromatic heterocycles. The summed E-state index contributed by atoms with van der Waals surface area (Å²) in [5.74, 6) is -0.435. The molecule has 5 nitrogen and oxygen atoms in total. The minimum atomic E-state index is -0.682. The number of halogens is 3. The van der Waals surface area contributed by atoms with Crippen LogP contribution in [0.2, 0.25) is 4.34 Å². The van der Waals surface area contributed by atoms with Crippen molar-refractivity contribution in [2.24, 2.45) is 0 Å². The predicted molar refractivity (Wildman–Crippen MR) is 122 cm³/mol. The van der Waals surface area contributed by atoms with E-state index in [4.69, 9.17) is 11.6 Å². The first-order valence-electron chi connectivity index (χ1n) is 10.3. The maximum Gasteiger partial charge on any atom is 0.227 e. The first kappa shape index (κ1) is 20.6. The quantitative estimate of drug-likeness (QED) is 0.537. The van der Waals surface area contributed by atoms with E-state index in [9.17, 15) is 8.78 Å². The number of nitrogens with one attached hydrogen (secondary N) is 1. The molecule has 162 valence electrons. The molecule has 2 aliphatic rings. The van der Waals surface area contributed by atoms with Crippen molar-refractivity contribution >= 4 is 45.6 Å². The van der Waals surface area contributed by atoms with Crippen LogP contribution in [0.1, 0.15) is 18.4 Å². The van der Waals surface area contributed by atoms with Crippen LogP contribution in [0.25, 0.3) is 10.9 Å². The molecule has 0 aliphatic carbocycles. The SMILES string of the molecule is Fc1cc(F)c2nc(N3CCC(N4CC=CC4)CC3)nc(NCc3csc(Cl)c3)c2c1. The van der Waals surface area contributed by atoms with Gasteiger partial charge < -0.3 is 10.2 Å². The molecule has 1 N–H and O–H groups in total. The summed E-state index contributed by atoms with van der Waals surface area (Å²) in [5.41, 5.74) is 1.11. The van der Waals surface area contributed by atoms with Gasteiger partial charge >= 0.3 is 0 Å². The molecule has 1 aromatic carbocycles. The molecular formula is C22H22ClF2N5S. The lowest BCUT2D eigenvalue weighted by molar-refractivity contribution is 0.215. The number of aromatic nitrogens is 2. The monoisotopic (exact) mass is 461 g/mol. The summed E-state index contributed by atoms with van der Waals surface area (Å²) in [5, 5.41) is 5.50. The number of anilines is 2. The van der Waals surface area contributed by atoms with E-state index in [2.05, 4.69) is 37.2 Å². The highest BCUT2D eigenvalue weighted by atomic mass is 35.5. The fourth-order valence-corrected chi connectivity index (χ4v) is 5.18. The number of rotatable bonds is 5. The van der Waals surface area contributed by atoms with E-state index >= 15 is 0 Å². The van der Waals surface area contributed by atoms with Gasteiger partial charge in [-0.15, -0.1) is 11.3 Å². The second-order valence-corrected chi connectivity index (χ2v) is 9.45. The molecule has 0 atom stereocenters. The molecule has 0 saturated carbocycles. The molecule has 3 aromatic rings. The Morgan fingerprint density at radius 2 is 1.87 bits per heavy atom. The van der Waals surface area contributed by atoms with E-state index in [1.807, 2.05) is 11.4 Å². The number of hydrogen-bond donors (Lipinski definition) is 1. The zero-order valence-electron chi connectivity index (χ0n) is 16.8. The van der Waals surface area contributed by atoms with Crippen molar-refractivity contribution in [3.05, 3.63) is 57.3 Å². The van der Waals surface area contributed by atoms with Gasteiger partial charge in [-0.1, -0.05) is 23.8 Å². The Kier molecular flexibility index (Phi) is 5.77. The van der Waals surface area contributed by atoms with Crippen molar-refractivity contribution in [2.45, 2.75) is 25.4 Å². The predicted octanol–water partition coefficient (Wildman–Crippen LogP) is 5.08. The Morgan fingerprint density at radius 3 is 2.58 bits per heavy atom. The molecule has 9 heteroatoms. The van der Waals surface area contributed by atoms with Gasteiger partial charge in [0.15, 0.2) is 5.82 Å². The normalized spacial score (nSPS) is 17.7. The topological polar surface area (TPSA) is 44.3 Å². The van der Waals surface area contributed by atoms with Crippen molar-refractivity contribution in [3.8, 4) is 0 Å². The molecule has 0 spiro atoms. The summed E-state index contributed by atoms with van der Waals surface area (Å²) in [6.07, 6.45) is 6.43. The first-order valence-corrected chi connectivity index (χ1v) is 11.6. The molecule has 5 rings (SSSR count). The van der Waals surface area contributed by atoms with Crippen LogP contribution >= 0.6 is 22.9 Å². The zero-order chi connectivity index (χ0) is 21.4. The molecule has 2 aliphatic heterocycles. The van der Waals surface area contributed by atoms with Gasteiger partial charge in [0.1, 0.15) is 17.2 Å². The number of fused-ring (bicyclic) bond motifs is 1. The van der Waals surface area contributed by atoms with E-state index in [1.165, 1.54) is 17.4 Å². The Morgan fingerprint density at radius 1 is 1.10 bits per heavy atom. The molecule has 0 bridgehead atoms. The second kappa shape index (κ2) is 8.68. The number of hydrogen-bond acceptors (Lipinski definition) is 6. The Bertz CT molecular complexity index is 1120. The lowest BCUT2D eigenvalue weighted by atomic mass is 10.0. The van der Waals surface area contributed by atoms with Gasteiger partial charge in [-0.3, -0.25) is 4.90 Å². The number of piperidine rings is 1. The summed E-state index contributed by atoms with van der Waals surface area (Å²) >= 11 is 7.46. The lowest BCUT2D eigenvalue weighted by Crippen LogP contribution is -2.44. The van der Waals surface area contributed by atoms with Crippen molar-refractivity contribution in [2.75, 3.05) is 36.4 Å². The standard InChI is InChI=1S/C22H22ClF2N5S/c23-19-9-14(13-31-19)12-26-21-17-10-15(24)11-18(25)20(17)27-22(28-21)30-7-3-16(4-8-30)29-5-1-2-6-29/h1-2,9-11,13,16H,3-8,12H2,(H,26,27,28). The van der Waals surface area contributed by atoms with Gasteiger partial charge in [-0.05, 0) is 35.9 Å². The summed E-state index contributed by atoms with van der Waals surface area (Å²) in [6.45, 7) is 4.07. The van der Waals surface area contributed by atoms with Crippen LogP contribution in [0.3, 0.4) is 0 Å². The van der Waals surface area contributed by atoms with Crippen molar-refractivity contribution in [1.82, 2.24) is 14.9 Å². The minimum Gasteiger partial charge on any atom is -0.365 e. The number of benzene rings is 1. The van der Waals surface area contributed by atoms with Crippen LogP contribution < -0.4 is 10.2 Å². The number of thiophene rings is 1. The van der Waals surface area contributed by atoms with E-state index in [0.717, 1.165) is 50.7 Å². The fourth-order valence-electron chi connectivity index (χ4n) is 4.27. The molecule has 0 unspecified atom stereocenters. The van der Waals surface area contributed by atoms with Crippen LogP contribution in [-0.2, 0) is 6.54 Å². The van der Waals surface area contributed by atoms with E-state index in [-0.39, 0.29) is 5.52 Å². The van der Waals surface area contributed by atoms with Crippen LogP contribution in [0.15, 0.2) is 35.7 Å². The summed E-state index contributed by atoms with van der Waals surface area (Å²) in [7, 11) is 0. The summed E-state index contributed by atoms with van der Waals surface area (Å²) < 4.78 is 29.2. The maximum atomic E-state index is 14.6. The average molecular weight is 462 g/mol. The zero-order valence-corrected chi connectivity index (χ0v) is 18.4. The minimum absolute atomic E-state index is 0.128. The Labute approximate surface area is 188 Å². The van der Waals surface area contributed by atoms with Crippen molar-refractivity contribution < 1.29 is 8.78 Å². The third-order valence-corrected chi connectivity index (χ3v) is 7.04. The van der Waals surface area contributed by atoms with Crippen molar-refractivity contribution in [1.29, 1.82) is 0 Å². The second-order valence-electron chi connectivity index (χ2n) is 7.91. The highest BCUT2D eigenvalue weighted by molar-refractivity contribution is 7.14. The molecule has 31 heavy (non-hydrogen) atoms. The Hall–Kier alpha value is -2.29. The van der Waals surface area contributed by atoms with Gasteiger partial charge in [0.05, 0.1) is 4.34 Å². The van der Waals surface area contributed by atoms with Crippen LogP contribution in [-0.4, -0.2) is 47.1 Å².